The van der Waals surface area contributed by atoms with Gasteiger partial charge in [0.2, 0.25) is 5.69 Å². The molecule has 11 aromatic carbocycles. The highest BCUT2D eigenvalue weighted by Crippen LogP contribution is 2.55. The minimum atomic E-state index is 0.410. The van der Waals surface area contributed by atoms with Gasteiger partial charge < -0.3 is 9.13 Å². The van der Waals surface area contributed by atoms with E-state index in [-0.39, 0.29) is 0 Å². The topological polar surface area (TPSA) is 38.0 Å². The molecule has 0 radical (unpaired) electrons. The molecule has 4 heterocycles. The summed E-state index contributed by atoms with van der Waals surface area (Å²) in [5.41, 5.74) is 13.9. The van der Waals surface area contributed by atoms with Crippen molar-refractivity contribution in [3.05, 3.63) is 248 Å². The fourth-order valence-corrected chi connectivity index (χ4v) is 14.5. The fraction of sp³-hybridized carbons (Fsp3) is 0. The van der Waals surface area contributed by atoms with Crippen LogP contribution in [-0.2, 0) is 0 Å². The zero-order chi connectivity index (χ0) is 49.0. The number of aromatic nitrogens is 2. The van der Waals surface area contributed by atoms with Gasteiger partial charge in [-0.3, -0.25) is 0 Å². The summed E-state index contributed by atoms with van der Waals surface area (Å²) < 4.78 is 9.47. The van der Waals surface area contributed by atoms with Gasteiger partial charge in [0.1, 0.15) is 6.07 Å². The molecule has 0 spiro atoms. The number of nitrogens with zero attached hydrogens (tertiary/aromatic N) is 4. The van der Waals surface area contributed by atoms with E-state index in [2.05, 4.69) is 214 Å². The van der Waals surface area contributed by atoms with Crippen molar-refractivity contribution in [3.63, 3.8) is 0 Å². The molecule has 0 unspecified atom stereocenters. The van der Waals surface area contributed by atoms with Gasteiger partial charge in [0.15, 0.2) is 0 Å². The van der Waals surface area contributed by atoms with E-state index < -0.39 is 0 Å². The second-order valence-corrected chi connectivity index (χ2v) is 20.9. The van der Waals surface area contributed by atoms with Gasteiger partial charge in [-0.25, -0.2) is 4.85 Å². The van der Waals surface area contributed by atoms with Gasteiger partial charge in [-0.05, 0) is 46.0 Å². The van der Waals surface area contributed by atoms with Crippen molar-refractivity contribution in [1.82, 2.24) is 9.13 Å². The van der Waals surface area contributed by atoms with Crippen LogP contribution in [0.25, 0.3) is 145 Å². The van der Waals surface area contributed by atoms with Gasteiger partial charge in [-0.15, -0.1) is 22.7 Å². The lowest BCUT2D eigenvalue weighted by Gasteiger charge is -2.26. The molecule has 342 valence electrons. The second kappa shape index (κ2) is 16.5. The Hall–Kier alpha value is -9.56. The molecule has 0 atom stereocenters. The maximum absolute atomic E-state index is 12.3. The molecule has 0 N–H and O–H groups in total. The standard InChI is InChI=1S/C68H38N4S2/c1-70-61-58(43-24-10-4-11-25-43)54(40-69)63(59(44-26-12-5-13-27-44)66(61)71-55-33-16-14-28-47(55)49-32-18-31-46(62(49)71)42-22-8-3-9-23-42)72-64-50(36-38-52-48-29-15-17-34-56(48)73-67(52)64)51-37-39-53-60-45(41-20-6-2-7-21-41)30-19-35-57(60)74-68(53)65(51)72/h2-39H. The SMILES string of the molecule is [C-]#[N+]c1c(-c2ccccc2)c(C#N)c(-n2c3c(ccc4c5ccccc5sc43)c3ccc4c(sc5cccc(-c6ccccc6)c54)c32)c(-c2ccccc2)c1-n1c2ccccc2c2cccc(-c3ccccc3)c21. The van der Waals surface area contributed by atoms with Crippen molar-refractivity contribution in [3.8, 4) is 62.0 Å². The quantitative estimate of drug-likeness (QED) is 0.153. The predicted octanol–water partition coefficient (Wildman–Crippen LogP) is 19.7. The molecule has 0 bridgehead atoms. The third-order valence-corrected chi connectivity index (χ3v) is 17.3. The summed E-state index contributed by atoms with van der Waals surface area (Å²) in [6.07, 6.45) is 0. The summed E-state index contributed by atoms with van der Waals surface area (Å²) in [5.74, 6) is 0. The van der Waals surface area contributed by atoms with Crippen LogP contribution in [0.1, 0.15) is 5.56 Å². The van der Waals surface area contributed by atoms with Gasteiger partial charge in [0, 0.05) is 69.2 Å². The first-order valence-electron chi connectivity index (χ1n) is 24.7. The number of thiophene rings is 2. The van der Waals surface area contributed by atoms with Crippen molar-refractivity contribution >= 4 is 112 Å². The highest BCUT2D eigenvalue weighted by molar-refractivity contribution is 7.27. The van der Waals surface area contributed by atoms with Crippen molar-refractivity contribution in [2.45, 2.75) is 0 Å². The minimum Gasteiger partial charge on any atom is -0.318 e. The molecule has 0 amide bonds. The maximum Gasteiger partial charge on any atom is 0.220 e. The fourth-order valence-electron chi connectivity index (χ4n) is 12.0. The number of benzene rings is 11. The summed E-state index contributed by atoms with van der Waals surface area (Å²) in [6, 6.07) is 84.4. The average Bonchev–Trinajstić information content (AvgIpc) is 4.23. The number of hydrogen-bond acceptors (Lipinski definition) is 3. The number of rotatable bonds is 6. The van der Waals surface area contributed by atoms with Crippen LogP contribution < -0.4 is 0 Å². The van der Waals surface area contributed by atoms with Crippen LogP contribution in [-0.4, -0.2) is 9.13 Å². The van der Waals surface area contributed by atoms with Crippen LogP contribution >= 0.6 is 22.7 Å². The maximum atomic E-state index is 12.3. The highest BCUT2D eigenvalue weighted by atomic mass is 32.1. The first kappa shape index (κ1) is 42.2. The number of hydrogen-bond donors (Lipinski definition) is 0. The van der Waals surface area contributed by atoms with Crippen LogP contribution in [0, 0.1) is 17.9 Å². The molecule has 74 heavy (non-hydrogen) atoms. The lowest BCUT2D eigenvalue weighted by molar-refractivity contribution is 1.14. The monoisotopic (exact) mass is 974 g/mol. The molecule has 6 heteroatoms. The number of fused-ring (bicyclic) bond motifs is 14. The van der Waals surface area contributed by atoms with E-state index in [1.807, 2.05) is 47.7 Å². The van der Waals surface area contributed by atoms with Crippen LogP contribution in [0.4, 0.5) is 5.69 Å². The number of nitriles is 1. The third-order valence-electron chi connectivity index (χ3n) is 15.0. The van der Waals surface area contributed by atoms with Gasteiger partial charge in [-0.1, -0.05) is 212 Å². The predicted molar refractivity (Wildman–Crippen MR) is 314 cm³/mol. The smallest absolute Gasteiger partial charge is 0.220 e. The molecule has 4 aromatic heterocycles. The van der Waals surface area contributed by atoms with Crippen molar-refractivity contribution in [1.29, 1.82) is 5.26 Å². The molecule has 0 aliphatic rings. The minimum absolute atomic E-state index is 0.410. The van der Waals surface area contributed by atoms with Gasteiger partial charge in [0.05, 0.1) is 55.0 Å². The molecule has 0 aliphatic carbocycles. The van der Waals surface area contributed by atoms with Gasteiger partial charge in [-0.2, -0.15) is 5.26 Å². The Morgan fingerprint density at radius 1 is 0.378 bits per heavy atom. The first-order valence-corrected chi connectivity index (χ1v) is 26.3. The van der Waals surface area contributed by atoms with Gasteiger partial charge >= 0.3 is 0 Å². The molecule has 15 rings (SSSR count). The zero-order valence-corrected chi connectivity index (χ0v) is 41.2. The van der Waals surface area contributed by atoms with Crippen molar-refractivity contribution in [2.75, 3.05) is 0 Å². The second-order valence-electron chi connectivity index (χ2n) is 18.8. The van der Waals surface area contributed by atoms with Crippen LogP contribution in [0.2, 0.25) is 0 Å². The summed E-state index contributed by atoms with van der Waals surface area (Å²) in [7, 11) is 0. The van der Waals surface area contributed by atoms with Crippen LogP contribution in [0.5, 0.6) is 0 Å². The van der Waals surface area contributed by atoms with Crippen LogP contribution in [0.3, 0.4) is 0 Å². The summed E-state index contributed by atoms with van der Waals surface area (Å²) in [5, 5.41) is 21.4. The average molecular weight is 975 g/mol. The largest absolute Gasteiger partial charge is 0.318 e. The number of para-hydroxylation sites is 2. The highest BCUT2D eigenvalue weighted by Gasteiger charge is 2.33. The summed E-state index contributed by atoms with van der Waals surface area (Å²) in [6.45, 7) is 9.48. The molecular weight excluding hydrogens is 937 g/mol. The molecule has 0 fully saturated rings. The van der Waals surface area contributed by atoms with E-state index >= 15 is 0 Å². The molecule has 15 aromatic rings. The van der Waals surface area contributed by atoms with Crippen molar-refractivity contribution in [2.24, 2.45) is 0 Å². The lowest BCUT2D eigenvalue weighted by Crippen LogP contribution is -2.09. The Morgan fingerprint density at radius 2 is 0.865 bits per heavy atom. The first-order chi connectivity index (χ1) is 36.7. The van der Waals surface area contributed by atoms with E-state index in [9.17, 15) is 11.8 Å². The molecule has 4 nitrogen and oxygen atoms in total. The molecule has 0 saturated carbocycles. The Kier molecular flexibility index (Phi) is 9.40. The van der Waals surface area contributed by atoms with E-state index in [0.29, 0.717) is 16.8 Å². The summed E-state index contributed by atoms with van der Waals surface area (Å²) >= 11 is 3.61. The lowest BCUT2D eigenvalue weighted by atomic mass is 9.88. The Balaban J connectivity index is 1.24. The third kappa shape index (κ3) is 5.99. The van der Waals surface area contributed by atoms with E-state index in [1.54, 1.807) is 11.3 Å². The Bertz CT molecular complexity index is 4890. The normalized spacial score (nSPS) is 11.8. The van der Waals surface area contributed by atoms with E-state index in [4.69, 9.17) is 0 Å². The Morgan fingerprint density at radius 3 is 1.54 bits per heavy atom. The van der Waals surface area contributed by atoms with E-state index in [0.717, 1.165) is 109 Å². The molecular formula is C68H38N4S2. The Labute approximate surface area is 433 Å². The van der Waals surface area contributed by atoms with E-state index in [1.165, 1.54) is 25.7 Å². The molecule has 0 saturated heterocycles. The summed E-state index contributed by atoms with van der Waals surface area (Å²) in [4.78, 5) is 4.63. The van der Waals surface area contributed by atoms with Crippen molar-refractivity contribution < 1.29 is 0 Å². The molecule has 0 aliphatic heterocycles. The van der Waals surface area contributed by atoms with Gasteiger partial charge in [0.25, 0.3) is 0 Å². The van der Waals surface area contributed by atoms with Crippen LogP contribution in [0.15, 0.2) is 231 Å². The zero-order valence-electron chi connectivity index (χ0n) is 39.5.